The summed E-state index contributed by atoms with van der Waals surface area (Å²) in [7, 11) is 3.20. The van der Waals surface area contributed by atoms with Crippen molar-refractivity contribution >= 4 is 27.9 Å². The Labute approximate surface area is 111 Å². The van der Waals surface area contributed by atoms with E-state index in [9.17, 15) is 4.79 Å². The largest absolute Gasteiger partial charge is 0.492 e. The van der Waals surface area contributed by atoms with Crippen LogP contribution in [0.4, 0.5) is 10.7 Å². The molecule has 1 fully saturated rings. The van der Waals surface area contributed by atoms with Crippen LogP contribution in [0.5, 0.6) is 5.75 Å². The van der Waals surface area contributed by atoms with Crippen LogP contribution >= 0.6 is 11.3 Å². The molecule has 1 aliphatic rings. The summed E-state index contributed by atoms with van der Waals surface area (Å²) in [5.41, 5.74) is 6.44. The number of thiophene rings is 1. The molecule has 0 unspecified atom stereocenters. The van der Waals surface area contributed by atoms with E-state index in [0.29, 0.717) is 16.3 Å². The van der Waals surface area contributed by atoms with Crippen LogP contribution in [-0.4, -0.2) is 33.2 Å². The predicted octanol–water partition coefficient (Wildman–Crippen LogP) is 1.69. The molecule has 0 saturated carbocycles. The third-order valence-electron chi connectivity index (χ3n) is 3.16. The zero-order valence-electron chi connectivity index (χ0n) is 10.8. The minimum atomic E-state index is -0.154. The number of anilines is 2. The summed E-state index contributed by atoms with van der Waals surface area (Å²) in [4.78, 5) is 14.5. The van der Waals surface area contributed by atoms with Gasteiger partial charge in [-0.1, -0.05) is 0 Å². The van der Waals surface area contributed by atoms with Crippen LogP contribution in [0.25, 0.3) is 0 Å². The molecule has 1 aliphatic heterocycles. The van der Waals surface area contributed by atoms with Crippen molar-refractivity contribution in [1.29, 1.82) is 0 Å². The molecule has 0 aliphatic carbocycles. The molecule has 5 nitrogen and oxygen atoms in total. The summed E-state index contributed by atoms with van der Waals surface area (Å²) >= 11 is 1.41. The number of nitrogens with zero attached hydrogens (tertiary/aromatic N) is 1. The number of hydrogen-bond acceptors (Lipinski definition) is 5. The number of carbonyl (C=O) groups excluding carboxylic acids is 1. The highest BCUT2D eigenvalue weighted by atomic mass is 32.1. The zero-order chi connectivity index (χ0) is 13.1. The first-order valence-electron chi connectivity index (χ1n) is 6.12. The Morgan fingerprint density at radius 2 is 2.06 bits per heavy atom. The van der Waals surface area contributed by atoms with Gasteiger partial charge in [0.1, 0.15) is 15.6 Å². The van der Waals surface area contributed by atoms with Gasteiger partial charge in [-0.25, -0.2) is 0 Å². The molecule has 2 rings (SSSR count). The minimum absolute atomic E-state index is 0.154. The van der Waals surface area contributed by atoms with Gasteiger partial charge < -0.3 is 20.7 Å². The fraction of sp³-hybridized carbons (Fsp3) is 0.583. The Morgan fingerprint density at radius 3 is 2.61 bits per heavy atom. The lowest BCUT2D eigenvalue weighted by atomic mass is 10.1. The number of nitrogens with one attached hydrogen (secondary N) is 1. The van der Waals surface area contributed by atoms with Gasteiger partial charge >= 0.3 is 0 Å². The lowest BCUT2D eigenvalue weighted by Crippen LogP contribution is -2.28. The zero-order valence-corrected chi connectivity index (χ0v) is 11.6. The van der Waals surface area contributed by atoms with E-state index in [1.165, 1.54) is 30.6 Å². The minimum Gasteiger partial charge on any atom is -0.492 e. The molecule has 2 heterocycles. The highest BCUT2D eigenvalue weighted by Crippen LogP contribution is 2.45. The van der Waals surface area contributed by atoms with Crippen molar-refractivity contribution in [1.82, 2.24) is 5.32 Å². The van der Waals surface area contributed by atoms with Crippen LogP contribution in [0.2, 0.25) is 0 Å². The van der Waals surface area contributed by atoms with E-state index in [-0.39, 0.29) is 5.91 Å². The quantitative estimate of drug-likeness (QED) is 0.876. The maximum atomic E-state index is 11.7. The average molecular weight is 269 g/mol. The van der Waals surface area contributed by atoms with Crippen LogP contribution in [-0.2, 0) is 0 Å². The summed E-state index contributed by atoms with van der Waals surface area (Å²) in [5, 5.41) is 3.59. The molecule has 0 atom stereocenters. The summed E-state index contributed by atoms with van der Waals surface area (Å²) in [6, 6.07) is 0. The molecule has 1 saturated heterocycles. The Balaban J connectivity index is 2.36. The third kappa shape index (κ3) is 2.25. The molecule has 0 spiro atoms. The first-order valence-corrected chi connectivity index (χ1v) is 6.94. The number of piperidine rings is 1. The monoisotopic (exact) mass is 269 g/mol. The predicted molar refractivity (Wildman–Crippen MR) is 74.7 cm³/mol. The number of methoxy groups -OCH3 is 1. The third-order valence-corrected chi connectivity index (χ3v) is 4.41. The number of ether oxygens (including phenoxy) is 1. The van der Waals surface area contributed by atoms with Gasteiger partial charge in [-0.15, -0.1) is 11.3 Å². The van der Waals surface area contributed by atoms with Crippen molar-refractivity contribution in [2.24, 2.45) is 0 Å². The lowest BCUT2D eigenvalue weighted by molar-refractivity contribution is 0.0967. The van der Waals surface area contributed by atoms with E-state index in [1.807, 2.05) is 0 Å². The molecule has 100 valence electrons. The number of nitrogen functional groups attached to an aromatic ring is 1. The van der Waals surface area contributed by atoms with Crippen molar-refractivity contribution in [2.45, 2.75) is 19.3 Å². The second-order valence-corrected chi connectivity index (χ2v) is 5.31. The van der Waals surface area contributed by atoms with E-state index in [1.54, 1.807) is 14.2 Å². The SMILES string of the molecule is CNC(=O)c1sc(N2CCCCC2)c(OC)c1N. The van der Waals surface area contributed by atoms with Crippen molar-refractivity contribution in [3.8, 4) is 5.75 Å². The maximum Gasteiger partial charge on any atom is 0.263 e. The molecule has 0 aromatic carbocycles. The summed E-state index contributed by atoms with van der Waals surface area (Å²) in [6.07, 6.45) is 3.62. The fourth-order valence-corrected chi connectivity index (χ4v) is 3.39. The lowest BCUT2D eigenvalue weighted by Gasteiger charge is -2.27. The molecule has 6 heteroatoms. The second kappa shape index (κ2) is 5.48. The summed E-state index contributed by atoms with van der Waals surface area (Å²) in [6.45, 7) is 2.01. The van der Waals surface area contributed by atoms with Crippen molar-refractivity contribution in [3.63, 3.8) is 0 Å². The fourth-order valence-electron chi connectivity index (χ4n) is 2.20. The number of amides is 1. The highest BCUT2D eigenvalue weighted by Gasteiger charge is 2.25. The molecular formula is C12H19N3O2S. The number of hydrogen-bond donors (Lipinski definition) is 2. The standard InChI is InChI=1S/C12H19N3O2S/c1-14-11(16)10-8(13)9(17-2)12(18-10)15-6-4-3-5-7-15/h3-7,13H2,1-2H3,(H,14,16). The molecule has 0 radical (unpaired) electrons. The van der Waals surface area contributed by atoms with E-state index < -0.39 is 0 Å². The van der Waals surface area contributed by atoms with E-state index in [2.05, 4.69) is 10.2 Å². The normalized spacial score (nSPS) is 15.6. The molecule has 3 N–H and O–H groups in total. The molecule has 1 amide bonds. The van der Waals surface area contributed by atoms with E-state index in [0.717, 1.165) is 18.1 Å². The van der Waals surface area contributed by atoms with Crippen molar-refractivity contribution in [2.75, 3.05) is 37.9 Å². The van der Waals surface area contributed by atoms with Crippen molar-refractivity contribution < 1.29 is 9.53 Å². The van der Waals surface area contributed by atoms with Gasteiger partial charge in [-0.2, -0.15) is 0 Å². The highest BCUT2D eigenvalue weighted by molar-refractivity contribution is 7.19. The van der Waals surface area contributed by atoms with Gasteiger partial charge in [-0.05, 0) is 19.3 Å². The Kier molecular flexibility index (Phi) is 3.96. The molecule has 1 aromatic rings. The van der Waals surface area contributed by atoms with Crippen LogP contribution in [0.1, 0.15) is 28.9 Å². The molecular weight excluding hydrogens is 250 g/mol. The Morgan fingerprint density at radius 1 is 1.39 bits per heavy atom. The average Bonchev–Trinajstić information content (AvgIpc) is 2.76. The van der Waals surface area contributed by atoms with E-state index >= 15 is 0 Å². The van der Waals surface area contributed by atoms with Gasteiger partial charge in [0.25, 0.3) is 5.91 Å². The smallest absolute Gasteiger partial charge is 0.263 e. The van der Waals surface area contributed by atoms with Crippen LogP contribution in [0.15, 0.2) is 0 Å². The summed E-state index contributed by atoms with van der Waals surface area (Å²) < 4.78 is 5.37. The van der Waals surface area contributed by atoms with Crippen LogP contribution in [0, 0.1) is 0 Å². The van der Waals surface area contributed by atoms with Crippen LogP contribution < -0.4 is 20.7 Å². The number of carbonyl (C=O) groups is 1. The number of nitrogens with two attached hydrogens (primary N) is 1. The van der Waals surface area contributed by atoms with E-state index in [4.69, 9.17) is 10.5 Å². The molecule has 1 aromatic heterocycles. The topological polar surface area (TPSA) is 67.6 Å². The Bertz CT molecular complexity index is 439. The maximum absolute atomic E-state index is 11.7. The second-order valence-electron chi connectivity index (χ2n) is 4.31. The summed E-state index contributed by atoms with van der Waals surface area (Å²) in [5.74, 6) is 0.486. The Hall–Kier alpha value is -1.43. The number of rotatable bonds is 3. The van der Waals surface area contributed by atoms with Gasteiger partial charge in [0, 0.05) is 20.1 Å². The van der Waals surface area contributed by atoms with Gasteiger partial charge in [0.15, 0.2) is 5.75 Å². The van der Waals surface area contributed by atoms with Gasteiger partial charge in [-0.3, -0.25) is 4.79 Å². The molecule has 0 bridgehead atoms. The first kappa shape index (κ1) is 13.0. The van der Waals surface area contributed by atoms with Crippen LogP contribution in [0.3, 0.4) is 0 Å². The van der Waals surface area contributed by atoms with Crippen molar-refractivity contribution in [3.05, 3.63) is 4.88 Å². The molecule has 18 heavy (non-hydrogen) atoms. The van der Waals surface area contributed by atoms with Gasteiger partial charge in [0.2, 0.25) is 0 Å². The van der Waals surface area contributed by atoms with Gasteiger partial charge in [0.05, 0.1) is 7.11 Å². The first-order chi connectivity index (χ1) is 8.69.